The predicted octanol–water partition coefficient (Wildman–Crippen LogP) is 4.66. The van der Waals surface area contributed by atoms with Gasteiger partial charge in [0.15, 0.2) is 24.6 Å². The number of hydrogen-bond donors (Lipinski definition) is 3. The summed E-state index contributed by atoms with van der Waals surface area (Å²) in [4.78, 5) is 41.1. The van der Waals surface area contributed by atoms with E-state index in [9.17, 15) is 45.8 Å². The van der Waals surface area contributed by atoms with Crippen LogP contribution in [0.2, 0.25) is 0 Å². The fourth-order valence-corrected chi connectivity index (χ4v) is 3.91. The molecule has 0 saturated heterocycles. The standard InChI is InChI=1S/C28H27F6N3O7/c1-26(2,3)16-9-7-15(8-10-16)12-37-22(36-24(41)21(25(37)42)23(40)35-11-19(38)39)20-17(43-13-27(29,30)31)5-4-6-18(20)44-14-28(32,33)34/h4-10,41H,11-14H2,1-3H3,(H,35,40)(H,38,39). The number of alkyl halides is 6. The SMILES string of the molecule is CC(C)(C)c1ccc(Cn2c(-c3c(OCC(F)(F)F)cccc3OCC(F)(F)F)nc(O)c(C(=O)NCC(=O)O)c2=O)cc1. The summed E-state index contributed by atoms with van der Waals surface area (Å²) in [5, 5.41) is 21.4. The van der Waals surface area contributed by atoms with E-state index in [1.165, 1.54) is 0 Å². The predicted molar refractivity (Wildman–Crippen MR) is 143 cm³/mol. The molecule has 1 heterocycles. The highest BCUT2D eigenvalue weighted by molar-refractivity contribution is 5.97. The number of carboxylic acids is 1. The van der Waals surface area contributed by atoms with Gasteiger partial charge in [-0.2, -0.15) is 31.3 Å². The second-order valence-electron chi connectivity index (χ2n) is 10.5. The largest absolute Gasteiger partial charge is 0.493 e. The van der Waals surface area contributed by atoms with Crippen molar-refractivity contribution in [3.63, 3.8) is 0 Å². The molecule has 3 aromatic rings. The Hall–Kier alpha value is -4.76. The van der Waals surface area contributed by atoms with Gasteiger partial charge in [0.2, 0.25) is 5.88 Å². The molecule has 1 amide bonds. The lowest BCUT2D eigenvalue weighted by Gasteiger charge is -2.21. The number of halogens is 6. The van der Waals surface area contributed by atoms with E-state index in [-0.39, 0.29) is 5.41 Å². The number of hydrogen-bond acceptors (Lipinski definition) is 7. The number of carboxylic acid groups (broad SMARTS) is 1. The Kier molecular flexibility index (Phi) is 9.85. The number of rotatable bonds is 10. The van der Waals surface area contributed by atoms with E-state index < -0.39 is 90.4 Å². The molecule has 0 bridgehead atoms. The molecule has 0 aliphatic rings. The molecular formula is C28H27F6N3O7. The lowest BCUT2D eigenvalue weighted by Crippen LogP contribution is -2.37. The van der Waals surface area contributed by atoms with Gasteiger partial charge in [-0.15, -0.1) is 0 Å². The third-order valence-corrected chi connectivity index (χ3v) is 5.93. The van der Waals surface area contributed by atoms with Gasteiger partial charge in [0.25, 0.3) is 11.5 Å². The van der Waals surface area contributed by atoms with E-state index in [1.807, 2.05) is 26.1 Å². The van der Waals surface area contributed by atoms with Gasteiger partial charge in [0, 0.05) is 0 Å². The smallest absolute Gasteiger partial charge is 0.422 e. The van der Waals surface area contributed by atoms with Crippen molar-refractivity contribution in [2.24, 2.45) is 0 Å². The lowest BCUT2D eigenvalue weighted by atomic mass is 9.87. The van der Waals surface area contributed by atoms with Crippen molar-refractivity contribution >= 4 is 11.9 Å². The average molecular weight is 632 g/mol. The Morgan fingerprint density at radius 2 is 1.43 bits per heavy atom. The van der Waals surface area contributed by atoms with Crippen LogP contribution in [0.1, 0.15) is 42.3 Å². The van der Waals surface area contributed by atoms with Gasteiger partial charge in [-0.1, -0.05) is 51.1 Å². The zero-order valence-electron chi connectivity index (χ0n) is 23.5. The zero-order chi connectivity index (χ0) is 33.0. The molecule has 0 aliphatic heterocycles. The van der Waals surface area contributed by atoms with Crippen molar-refractivity contribution in [3.8, 4) is 28.8 Å². The molecule has 1 aromatic heterocycles. The highest BCUT2D eigenvalue weighted by atomic mass is 19.4. The Morgan fingerprint density at radius 3 is 1.89 bits per heavy atom. The molecule has 0 aliphatic carbocycles. The Bertz CT molecular complexity index is 1540. The third-order valence-electron chi connectivity index (χ3n) is 5.93. The van der Waals surface area contributed by atoms with Crippen molar-refractivity contribution < 1.29 is 55.6 Å². The minimum absolute atomic E-state index is 0.268. The molecule has 0 saturated carbocycles. The van der Waals surface area contributed by atoms with Crippen molar-refractivity contribution in [3.05, 3.63) is 69.5 Å². The number of ether oxygens (including phenoxy) is 2. The number of amides is 1. The monoisotopic (exact) mass is 631 g/mol. The molecule has 3 rings (SSSR count). The number of nitrogens with zero attached hydrogens (tertiary/aromatic N) is 2. The number of nitrogens with one attached hydrogen (secondary N) is 1. The first-order valence-electron chi connectivity index (χ1n) is 12.7. The molecule has 0 radical (unpaired) electrons. The number of aliphatic carboxylic acids is 1. The number of aromatic hydroxyl groups is 1. The van der Waals surface area contributed by atoms with E-state index in [1.54, 1.807) is 24.3 Å². The summed E-state index contributed by atoms with van der Waals surface area (Å²) in [6.45, 7) is 0.658. The van der Waals surface area contributed by atoms with Crippen molar-refractivity contribution in [1.29, 1.82) is 0 Å². The van der Waals surface area contributed by atoms with E-state index >= 15 is 0 Å². The maximum Gasteiger partial charge on any atom is 0.422 e. The number of aromatic nitrogens is 2. The Balaban J connectivity index is 2.31. The van der Waals surface area contributed by atoms with E-state index in [0.29, 0.717) is 5.56 Å². The minimum atomic E-state index is -4.88. The molecule has 3 N–H and O–H groups in total. The van der Waals surface area contributed by atoms with Crippen LogP contribution in [0, 0.1) is 0 Å². The highest BCUT2D eigenvalue weighted by Gasteiger charge is 2.33. The maximum atomic E-state index is 13.7. The summed E-state index contributed by atoms with van der Waals surface area (Å²) >= 11 is 0. The molecule has 0 unspecified atom stereocenters. The second-order valence-corrected chi connectivity index (χ2v) is 10.5. The highest BCUT2D eigenvalue weighted by Crippen LogP contribution is 2.39. The van der Waals surface area contributed by atoms with Crippen LogP contribution in [0.5, 0.6) is 17.4 Å². The van der Waals surface area contributed by atoms with Gasteiger partial charge in [-0.25, -0.2) is 0 Å². The van der Waals surface area contributed by atoms with Gasteiger partial charge in [0.05, 0.1) is 6.54 Å². The van der Waals surface area contributed by atoms with Crippen LogP contribution in [0.25, 0.3) is 11.4 Å². The minimum Gasteiger partial charge on any atom is -0.493 e. The zero-order valence-corrected chi connectivity index (χ0v) is 23.5. The van der Waals surface area contributed by atoms with Gasteiger partial charge < -0.3 is 25.0 Å². The first-order valence-corrected chi connectivity index (χ1v) is 12.7. The third kappa shape index (κ3) is 8.87. The summed E-state index contributed by atoms with van der Waals surface area (Å²) in [5.41, 5.74) is -1.96. The van der Waals surface area contributed by atoms with Crippen molar-refractivity contribution in [2.75, 3.05) is 19.8 Å². The van der Waals surface area contributed by atoms with E-state index in [2.05, 4.69) is 4.98 Å². The fourth-order valence-electron chi connectivity index (χ4n) is 3.91. The molecule has 238 valence electrons. The van der Waals surface area contributed by atoms with Crippen LogP contribution in [-0.2, 0) is 16.8 Å². The molecule has 0 fully saturated rings. The summed E-state index contributed by atoms with van der Waals surface area (Å²) in [7, 11) is 0. The van der Waals surface area contributed by atoms with Crippen LogP contribution in [-0.4, -0.2) is 63.8 Å². The van der Waals surface area contributed by atoms with Gasteiger partial charge in [0.1, 0.15) is 23.6 Å². The van der Waals surface area contributed by atoms with Gasteiger partial charge in [-0.3, -0.25) is 19.0 Å². The number of carbonyl (C=O) groups excluding carboxylic acids is 1. The number of benzene rings is 2. The average Bonchev–Trinajstić information content (AvgIpc) is 2.90. The molecular weight excluding hydrogens is 604 g/mol. The molecule has 0 spiro atoms. The lowest BCUT2D eigenvalue weighted by molar-refractivity contribution is -0.153. The summed E-state index contributed by atoms with van der Waals surface area (Å²) < 4.78 is 88.8. The first kappa shape index (κ1) is 33.7. The normalized spacial score (nSPS) is 12.1. The molecule has 16 heteroatoms. The van der Waals surface area contributed by atoms with Crippen molar-refractivity contribution in [1.82, 2.24) is 14.9 Å². The van der Waals surface area contributed by atoms with Crippen LogP contribution in [0.3, 0.4) is 0 Å². The van der Waals surface area contributed by atoms with E-state index in [0.717, 1.165) is 28.3 Å². The van der Waals surface area contributed by atoms with Crippen LogP contribution in [0.15, 0.2) is 47.3 Å². The van der Waals surface area contributed by atoms with Crippen LogP contribution >= 0.6 is 0 Å². The van der Waals surface area contributed by atoms with Gasteiger partial charge in [-0.05, 0) is 28.7 Å². The second kappa shape index (κ2) is 12.9. The van der Waals surface area contributed by atoms with Crippen molar-refractivity contribution in [2.45, 2.75) is 45.1 Å². The summed E-state index contributed by atoms with van der Waals surface area (Å²) in [5.74, 6) is -6.21. The molecule has 44 heavy (non-hydrogen) atoms. The Morgan fingerprint density at radius 1 is 0.909 bits per heavy atom. The molecule has 0 atom stereocenters. The maximum absolute atomic E-state index is 13.7. The first-order chi connectivity index (χ1) is 20.3. The van der Waals surface area contributed by atoms with Crippen LogP contribution in [0.4, 0.5) is 26.3 Å². The van der Waals surface area contributed by atoms with Gasteiger partial charge >= 0.3 is 18.3 Å². The fraction of sp³-hybridized carbons (Fsp3) is 0.357. The number of carbonyl (C=O) groups is 2. The summed E-state index contributed by atoms with van der Waals surface area (Å²) in [6.07, 6.45) is -9.76. The van der Waals surface area contributed by atoms with Crippen LogP contribution < -0.4 is 20.3 Å². The quantitative estimate of drug-likeness (QED) is 0.275. The molecule has 10 nitrogen and oxygen atoms in total. The van der Waals surface area contributed by atoms with E-state index in [4.69, 9.17) is 14.6 Å². The topological polar surface area (TPSA) is 140 Å². The summed E-state index contributed by atoms with van der Waals surface area (Å²) in [6, 6.07) is 9.62. The molecule has 2 aromatic carbocycles. The Labute approximate surface area is 245 Å².